The molecule has 170 valence electrons. The van der Waals surface area contributed by atoms with Crippen LogP contribution < -0.4 is 4.57 Å². The van der Waals surface area contributed by atoms with Gasteiger partial charge in [0.1, 0.15) is 0 Å². The maximum Gasteiger partial charge on any atom is 0.221 e. The molecule has 0 spiro atoms. The number of hydrogen-bond donors (Lipinski definition) is 0. The van der Waals surface area contributed by atoms with Gasteiger partial charge in [0.25, 0.3) is 0 Å². The summed E-state index contributed by atoms with van der Waals surface area (Å²) in [6.07, 6.45) is 9.43. The van der Waals surface area contributed by atoms with Crippen molar-refractivity contribution in [2.24, 2.45) is 0 Å². The van der Waals surface area contributed by atoms with Crippen molar-refractivity contribution in [1.29, 1.82) is 0 Å². The van der Waals surface area contributed by atoms with Crippen molar-refractivity contribution in [2.45, 2.75) is 84.1 Å². The second kappa shape index (κ2) is 8.28. The Morgan fingerprint density at radius 1 is 0.758 bits per heavy atom. The van der Waals surface area contributed by atoms with E-state index in [2.05, 4.69) is 106 Å². The minimum absolute atomic E-state index is 0.0227. The number of aryl methyl sites for hydroxylation is 1. The Labute approximate surface area is 199 Å². The van der Waals surface area contributed by atoms with Gasteiger partial charge in [-0.3, -0.25) is 0 Å². The zero-order chi connectivity index (χ0) is 23.2. The SMILES string of the molecule is CCCCc1cccc2c3[n+](ccc12)C(C)(CC)C(CC)(CC)c1cc2ccccc2cc1-3. The van der Waals surface area contributed by atoms with Crippen LogP contribution in [-0.2, 0) is 17.4 Å². The fraction of sp³-hybridized carbons (Fsp3) is 0.406. The topological polar surface area (TPSA) is 3.88 Å². The first-order valence-electron chi connectivity index (χ1n) is 13.0. The van der Waals surface area contributed by atoms with Crippen molar-refractivity contribution < 1.29 is 4.57 Å². The van der Waals surface area contributed by atoms with Gasteiger partial charge in [-0.25, -0.2) is 0 Å². The van der Waals surface area contributed by atoms with Gasteiger partial charge in [-0.2, -0.15) is 4.57 Å². The number of pyridine rings is 1. The Morgan fingerprint density at radius 2 is 1.48 bits per heavy atom. The van der Waals surface area contributed by atoms with Gasteiger partial charge in [0.05, 0.1) is 16.4 Å². The maximum absolute atomic E-state index is 2.66. The summed E-state index contributed by atoms with van der Waals surface area (Å²) in [4.78, 5) is 0. The molecule has 33 heavy (non-hydrogen) atoms. The third-order valence-electron chi connectivity index (χ3n) is 9.00. The Hall–Kier alpha value is -2.67. The summed E-state index contributed by atoms with van der Waals surface area (Å²) in [6, 6.07) is 23.3. The van der Waals surface area contributed by atoms with E-state index in [1.165, 1.54) is 51.2 Å². The fourth-order valence-corrected chi connectivity index (χ4v) is 6.90. The fourth-order valence-electron chi connectivity index (χ4n) is 6.90. The van der Waals surface area contributed by atoms with Gasteiger partial charge >= 0.3 is 0 Å². The van der Waals surface area contributed by atoms with Crippen LogP contribution in [0, 0.1) is 0 Å². The maximum atomic E-state index is 2.66. The van der Waals surface area contributed by atoms with E-state index in [9.17, 15) is 0 Å². The number of hydrogen-bond acceptors (Lipinski definition) is 0. The molecule has 1 aliphatic heterocycles. The first kappa shape index (κ1) is 22.1. The van der Waals surface area contributed by atoms with Crippen LogP contribution in [0.25, 0.3) is 32.8 Å². The molecule has 0 radical (unpaired) electrons. The summed E-state index contributed by atoms with van der Waals surface area (Å²) in [5.41, 5.74) is 6.00. The van der Waals surface area contributed by atoms with Crippen molar-refractivity contribution in [1.82, 2.24) is 0 Å². The number of fused-ring (bicyclic) bond motifs is 6. The molecular formula is C32H38N+. The lowest BCUT2D eigenvalue weighted by Gasteiger charge is -2.48. The highest BCUT2D eigenvalue weighted by Crippen LogP contribution is 2.53. The lowest BCUT2D eigenvalue weighted by molar-refractivity contribution is -0.765. The van der Waals surface area contributed by atoms with Gasteiger partial charge < -0.3 is 0 Å². The van der Waals surface area contributed by atoms with Gasteiger partial charge in [-0.15, -0.1) is 0 Å². The molecule has 1 heteroatoms. The van der Waals surface area contributed by atoms with Crippen LogP contribution in [0.3, 0.4) is 0 Å². The molecule has 1 atom stereocenters. The Morgan fingerprint density at radius 3 is 2.15 bits per heavy atom. The van der Waals surface area contributed by atoms with Gasteiger partial charge in [0.15, 0.2) is 11.7 Å². The first-order valence-corrected chi connectivity index (χ1v) is 13.0. The molecule has 1 aromatic heterocycles. The highest BCUT2D eigenvalue weighted by molar-refractivity contribution is 5.99. The second-order valence-electron chi connectivity index (χ2n) is 10.2. The van der Waals surface area contributed by atoms with E-state index >= 15 is 0 Å². The smallest absolute Gasteiger partial charge is 0.192 e. The molecule has 0 amide bonds. The predicted octanol–water partition coefficient (Wildman–Crippen LogP) is 8.49. The molecule has 5 rings (SSSR count). The van der Waals surface area contributed by atoms with Crippen LogP contribution in [0.5, 0.6) is 0 Å². The minimum Gasteiger partial charge on any atom is -0.192 e. The van der Waals surface area contributed by atoms with Gasteiger partial charge in [0.2, 0.25) is 5.69 Å². The van der Waals surface area contributed by atoms with E-state index in [1.54, 1.807) is 5.56 Å². The molecule has 0 aliphatic carbocycles. The monoisotopic (exact) mass is 436 g/mol. The average molecular weight is 437 g/mol. The van der Waals surface area contributed by atoms with Crippen LogP contribution in [0.15, 0.2) is 66.9 Å². The molecule has 0 saturated heterocycles. The van der Waals surface area contributed by atoms with Gasteiger partial charge in [-0.1, -0.05) is 70.5 Å². The zero-order valence-electron chi connectivity index (χ0n) is 21.0. The third kappa shape index (κ3) is 3.01. The Bertz CT molecular complexity index is 1330. The summed E-state index contributed by atoms with van der Waals surface area (Å²) >= 11 is 0. The molecule has 0 bridgehead atoms. The largest absolute Gasteiger partial charge is 0.221 e. The Kier molecular flexibility index (Phi) is 5.55. The lowest BCUT2D eigenvalue weighted by Crippen LogP contribution is -2.68. The quantitative estimate of drug-likeness (QED) is 0.267. The number of benzene rings is 3. The van der Waals surface area contributed by atoms with E-state index in [0.29, 0.717) is 0 Å². The number of unbranched alkanes of at least 4 members (excludes halogenated alkanes) is 1. The predicted molar refractivity (Wildman–Crippen MR) is 142 cm³/mol. The second-order valence-corrected chi connectivity index (χ2v) is 10.2. The first-order chi connectivity index (χ1) is 16.0. The molecule has 1 nitrogen and oxygen atoms in total. The normalized spacial score (nSPS) is 18.9. The summed E-state index contributed by atoms with van der Waals surface area (Å²) in [5, 5.41) is 5.53. The zero-order valence-corrected chi connectivity index (χ0v) is 21.0. The highest BCUT2D eigenvalue weighted by Gasteiger charge is 2.58. The van der Waals surface area contributed by atoms with Gasteiger partial charge in [-0.05, 0) is 71.2 Å². The van der Waals surface area contributed by atoms with E-state index < -0.39 is 0 Å². The standard InChI is InChI=1S/C32H38N/c1-6-10-14-23-17-13-18-27-26(23)19-20-33-30(27)28-21-24-15-11-12-16-25(24)22-29(28)32(8-3,9-4)31(33,5)7-2/h11-13,15-22H,6-10,14H2,1-5H3/q+1. The number of nitrogens with zero attached hydrogens (tertiary/aromatic N) is 1. The molecule has 3 aromatic carbocycles. The minimum atomic E-state index is 0.0227. The molecular weight excluding hydrogens is 398 g/mol. The number of rotatable bonds is 6. The van der Waals surface area contributed by atoms with Crippen LogP contribution in [0.2, 0.25) is 0 Å². The molecule has 0 N–H and O–H groups in total. The number of aromatic nitrogens is 1. The van der Waals surface area contributed by atoms with Crippen LogP contribution in [0.4, 0.5) is 0 Å². The van der Waals surface area contributed by atoms with E-state index in [-0.39, 0.29) is 11.0 Å². The van der Waals surface area contributed by atoms with Crippen molar-refractivity contribution in [2.75, 3.05) is 0 Å². The van der Waals surface area contributed by atoms with E-state index in [1.807, 2.05) is 0 Å². The molecule has 1 unspecified atom stereocenters. The van der Waals surface area contributed by atoms with Crippen LogP contribution in [0.1, 0.15) is 77.8 Å². The Balaban J connectivity index is 1.94. The van der Waals surface area contributed by atoms with Crippen molar-refractivity contribution in [3.8, 4) is 11.3 Å². The van der Waals surface area contributed by atoms with Crippen LogP contribution in [-0.4, -0.2) is 0 Å². The van der Waals surface area contributed by atoms with E-state index in [4.69, 9.17) is 0 Å². The third-order valence-corrected chi connectivity index (χ3v) is 9.00. The molecule has 1 aliphatic rings. The van der Waals surface area contributed by atoms with Crippen molar-refractivity contribution >= 4 is 21.5 Å². The summed E-state index contributed by atoms with van der Waals surface area (Å²) in [7, 11) is 0. The summed E-state index contributed by atoms with van der Waals surface area (Å²) in [5.74, 6) is 0. The summed E-state index contributed by atoms with van der Waals surface area (Å²) < 4.78 is 2.66. The van der Waals surface area contributed by atoms with Gasteiger partial charge in [0, 0.05) is 19.4 Å². The van der Waals surface area contributed by atoms with Crippen molar-refractivity contribution in [3.05, 3.63) is 78.0 Å². The lowest BCUT2D eigenvalue weighted by atomic mass is 9.58. The van der Waals surface area contributed by atoms with Crippen molar-refractivity contribution in [3.63, 3.8) is 0 Å². The van der Waals surface area contributed by atoms with Crippen LogP contribution >= 0.6 is 0 Å². The molecule has 4 aromatic rings. The summed E-state index contributed by atoms with van der Waals surface area (Å²) in [6.45, 7) is 12.0. The molecule has 0 saturated carbocycles. The molecule has 2 heterocycles. The van der Waals surface area contributed by atoms with E-state index in [0.717, 1.165) is 25.7 Å². The molecule has 0 fully saturated rings. The highest BCUT2D eigenvalue weighted by atomic mass is 15.1. The average Bonchev–Trinajstić information content (AvgIpc) is 2.86.